The maximum atomic E-state index is 11.2. The molecule has 0 aliphatic carbocycles. The lowest BCUT2D eigenvalue weighted by atomic mass is 10.2. The van der Waals surface area contributed by atoms with Crippen molar-refractivity contribution >= 4 is 22.3 Å². The van der Waals surface area contributed by atoms with Gasteiger partial charge in [-0.2, -0.15) is 4.52 Å². The first kappa shape index (κ1) is 16.9. The number of nitrogens with zero attached hydrogens (tertiary/aromatic N) is 5. The first-order chi connectivity index (χ1) is 14.2. The van der Waals surface area contributed by atoms with Gasteiger partial charge in [-0.15, -0.1) is 15.3 Å². The number of rotatable bonds is 5. The van der Waals surface area contributed by atoms with E-state index in [0.717, 1.165) is 16.3 Å². The van der Waals surface area contributed by atoms with Gasteiger partial charge in [-0.1, -0.05) is 18.2 Å². The van der Waals surface area contributed by atoms with E-state index in [9.17, 15) is 4.79 Å². The first-order valence-corrected chi connectivity index (χ1v) is 8.75. The summed E-state index contributed by atoms with van der Waals surface area (Å²) in [6.07, 6.45) is 4.57. The molecule has 0 bridgehead atoms. The van der Waals surface area contributed by atoms with E-state index in [2.05, 4.69) is 20.3 Å². The standard InChI is InChI=1S/C20H14N6O3/c21-17(27)12-5-6-14(22-9-12)11-29-20-16-4-2-1-3-15(16)19-24-23-18(26(19)25-20)13-7-8-28-10-13/h1-10H,11H2,(H2,21,27). The van der Waals surface area contributed by atoms with Crippen LogP contribution in [0.1, 0.15) is 16.1 Å². The number of fused-ring (bicyclic) bond motifs is 3. The molecule has 0 unspecified atom stereocenters. The maximum absolute atomic E-state index is 11.2. The smallest absolute Gasteiger partial charge is 0.250 e. The highest BCUT2D eigenvalue weighted by Crippen LogP contribution is 2.29. The molecule has 0 saturated carbocycles. The third-order valence-corrected chi connectivity index (χ3v) is 4.48. The van der Waals surface area contributed by atoms with Crippen molar-refractivity contribution < 1.29 is 13.9 Å². The van der Waals surface area contributed by atoms with Crippen LogP contribution in [0, 0.1) is 0 Å². The fraction of sp³-hybridized carbons (Fsp3) is 0.0500. The third kappa shape index (κ3) is 2.94. The van der Waals surface area contributed by atoms with Gasteiger partial charge in [-0.3, -0.25) is 9.78 Å². The lowest BCUT2D eigenvalue weighted by Crippen LogP contribution is -2.11. The van der Waals surface area contributed by atoms with Gasteiger partial charge in [0, 0.05) is 17.0 Å². The Hall–Kier alpha value is -4.27. The summed E-state index contributed by atoms with van der Waals surface area (Å²) in [4.78, 5) is 15.4. The Morgan fingerprint density at radius 1 is 1.10 bits per heavy atom. The Morgan fingerprint density at radius 3 is 2.69 bits per heavy atom. The number of pyridine rings is 1. The number of primary amides is 1. The molecule has 0 aliphatic rings. The summed E-state index contributed by atoms with van der Waals surface area (Å²) in [5.41, 5.74) is 7.60. The number of hydrogen-bond donors (Lipinski definition) is 1. The molecule has 9 nitrogen and oxygen atoms in total. The molecule has 1 aromatic carbocycles. The van der Waals surface area contributed by atoms with Crippen molar-refractivity contribution in [1.29, 1.82) is 0 Å². The second-order valence-electron chi connectivity index (χ2n) is 6.31. The molecule has 0 saturated heterocycles. The van der Waals surface area contributed by atoms with Crippen LogP contribution in [0.15, 0.2) is 65.6 Å². The number of carbonyl (C=O) groups excluding carboxylic acids is 1. The van der Waals surface area contributed by atoms with E-state index in [0.29, 0.717) is 28.6 Å². The van der Waals surface area contributed by atoms with Gasteiger partial charge >= 0.3 is 0 Å². The zero-order chi connectivity index (χ0) is 19.8. The molecular formula is C20H14N6O3. The molecule has 2 N–H and O–H groups in total. The molecule has 29 heavy (non-hydrogen) atoms. The van der Waals surface area contributed by atoms with Crippen molar-refractivity contribution in [2.24, 2.45) is 5.73 Å². The Kier molecular flexibility index (Phi) is 3.91. The molecule has 0 radical (unpaired) electrons. The molecule has 9 heteroatoms. The normalized spacial score (nSPS) is 11.2. The van der Waals surface area contributed by atoms with Crippen LogP contribution in [0.2, 0.25) is 0 Å². The SMILES string of the molecule is NC(=O)c1ccc(COc2nn3c(-c4ccoc4)nnc3c3ccccc23)nc1. The van der Waals surface area contributed by atoms with Gasteiger partial charge in [0.25, 0.3) is 0 Å². The number of amides is 1. The van der Waals surface area contributed by atoms with Gasteiger partial charge in [0.2, 0.25) is 11.8 Å². The molecule has 4 heterocycles. The average molecular weight is 386 g/mol. The summed E-state index contributed by atoms with van der Waals surface area (Å²) in [6, 6.07) is 12.8. The molecule has 5 rings (SSSR count). The fourth-order valence-corrected chi connectivity index (χ4v) is 3.03. The van der Waals surface area contributed by atoms with Crippen molar-refractivity contribution in [3.63, 3.8) is 0 Å². The topological polar surface area (TPSA) is 121 Å². The van der Waals surface area contributed by atoms with Gasteiger partial charge in [-0.25, -0.2) is 0 Å². The molecular weight excluding hydrogens is 372 g/mol. The first-order valence-electron chi connectivity index (χ1n) is 8.75. The average Bonchev–Trinajstić information content (AvgIpc) is 3.42. The van der Waals surface area contributed by atoms with Crippen LogP contribution in [-0.4, -0.2) is 30.7 Å². The largest absolute Gasteiger partial charge is 0.472 e. The van der Waals surface area contributed by atoms with Crippen LogP contribution in [0.5, 0.6) is 5.88 Å². The number of aromatic nitrogens is 5. The van der Waals surface area contributed by atoms with E-state index < -0.39 is 5.91 Å². The molecule has 1 amide bonds. The minimum absolute atomic E-state index is 0.171. The van der Waals surface area contributed by atoms with E-state index in [1.54, 1.807) is 35.2 Å². The highest BCUT2D eigenvalue weighted by atomic mass is 16.5. The van der Waals surface area contributed by atoms with Crippen molar-refractivity contribution in [3.8, 4) is 17.3 Å². The number of carbonyl (C=O) groups is 1. The van der Waals surface area contributed by atoms with Crippen molar-refractivity contribution in [2.75, 3.05) is 0 Å². The van der Waals surface area contributed by atoms with Crippen LogP contribution in [0.3, 0.4) is 0 Å². The molecule has 0 atom stereocenters. The third-order valence-electron chi connectivity index (χ3n) is 4.48. The van der Waals surface area contributed by atoms with Crippen molar-refractivity contribution in [2.45, 2.75) is 6.61 Å². The Morgan fingerprint density at radius 2 is 1.97 bits per heavy atom. The lowest BCUT2D eigenvalue weighted by Gasteiger charge is -2.09. The summed E-state index contributed by atoms with van der Waals surface area (Å²) in [5, 5.41) is 14.8. The van der Waals surface area contributed by atoms with Crippen LogP contribution in [-0.2, 0) is 6.61 Å². The molecule has 4 aromatic heterocycles. The number of ether oxygens (including phenoxy) is 1. The predicted molar refractivity (Wildman–Crippen MR) is 103 cm³/mol. The number of furan rings is 1. The molecule has 0 fully saturated rings. The van der Waals surface area contributed by atoms with Crippen LogP contribution in [0.4, 0.5) is 0 Å². The zero-order valence-corrected chi connectivity index (χ0v) is 15.0. The highest BCUT2D eigenvalue weighted by molar-refractivity contribution is 5.97. The minimum Gasteiger partial charge on any atom is -0.472 e. The molecule has 0 aliphatic heterocycles. The summed E-state index contributed by atoms with van der Waals surface area (Å²) < 4.78 is 12.8. The second-order valence-corrected chi connectivity index (χ2v) is 6.31. The Labute approximate surface area is 163 Å². The highest BCUT2D eigenvalue weighted by Gasteiger charge is 2.17. The van der Waals surface area contributed by atoms with Gasteiger partial charge in [0.1, 0.15) is 12.9 Å². The van der Waals surface area contributed by atoms with Crippen molar-refractivity contribution in [3.05, 3.63) is 72.4 Å². The van der Waals surface area contributed by atoms with Gasteiger partial charge < -0.3 is 14.9 Å². The van der Waals surface area contributed by atoms with Crippen LogP contribution in [0.25, 0.3) is 27.8 Å². The molecule has 5 aromatic rings. The van der Waals surface area contributed by atoms with Gasteiger partial charge in [0.05, 0.1) is 23.1 Å². The predicted octanol–water partition coefficient (Wildman–Crippen LogP) is 2.61. The minimum atomic E-state index is -0.525. The summed E-state index contributed by atoms with van der Waals surface area (Å²) in [5.74, 6) is 0.439. The number of benzene rings is 1. The van der Waals surface area contributed by atoms with Crippen molar-refractivity contribution in [1.82, 2.24) is 24.8 Å². The van der Waals surface area contributed by atoms with E-state index in [1.807, 2.05) is 24.3 Å². The van der Waals surface area contributed by atoms with E-state index in [4.69, 9.17) is 14.9 Å². The molecule has 142 valence electrons. The number of hydrogen-bond acceptors (Lipinski definition) is 7. The quantitative estimate of drug-likeness (QED) is 0.493. The Bertz CT molecular complexity index is 1330. The summed E-state index contributed by atoms with van der Waals surface area (Å²) in [7, 11) is 0. The van der Waals surface area contributed by atoms with E-state index >= 15 is 0 Å². The molecule has 0 spiro atoms. The summed E-state index contributed by atoms with van der Waals surface area (Å²) >= 11 is 0. The van der Waals surface area contributed by atoms with Gasteiger partial charge in [0.15, 0.2) is 11.5 Å². The second kappa shape index (κ2) is 6.71. The monoisotopic (exact) mass is 386 g/mol. The number of nitrogens with two attached hydrogens (primary N) is 1. The van der Waals surface area contributed by atoms with E-state index in [-0.39, 0.29) is 6.61 Å². The van der Waals surface area contributed by atoms with Crippen LogP contribution >= 0.6 is 0 Å². The zero-order valence-electron chi connectivity index (χ0n) is 15.0. The van der Waals surface area contributed by atoms with Gasteiger partial charge in [-0.05, 0) is 24.3 Å². The van der Waals surface area contributed by atoms with E-state index in [1.165, 1.54) is 6.20 Å². The summed E-state index contributed by atoms with van der Waals surface area (Å²) in [6.45, 7) is 0.171. The van der Waals surface area contributed by atoms with Crippen LogP contribution < -0.4 is 10.5 Å². The Balaban J connectivity index is 1.56. The lowest BCUT2D eigenvalue weighted by molar-refractivity contribution is 0.1000. The maximum Gasteiger partial charge on any atom is 0.250 e. The fourth-order valence-electron chi connectivity index (χ4n) is 3.03.